The van der Waals surface area contributed by atoms with Crippen LogP contribution in [0.4, 0.5) is 27.8 Å². The van der Waals surface area contributed by atoms with Crippen LogP contribution in [0.2, 0.25) is 0 Å². The predicted molar refractivity (Wildman–Crippen MR) is 123 cm³/mol. The van der Waals surface area contributed by atoms with Gasteiger partial charge in [-0.15, -0.1) is 0 Å². The minimum atomic E-state index is -0.269. The number of rotatable bonds is 5. The Balaban J connectivity index is 1.46. The summed E-state index contributed by atoms with van der Waals surface area (Å²) in [6.07, 6.45) is 3.54. The van der Waals surface area contributed by atoms with Crippen LogP contribution >= 0.6 is 0 Å². The van der Waals surface area contributed by atoms with Crippen LogP contribution in [0.3, 0.4) is 0 Å². The number of nitrogens with zero attached hydrogens (tertiary/aromatic N) is 3. The van der Waals surface area contributed by atoms with Crippen LogP contribution in [0, 0.1) is 0 Å². The van der Waals surface area contributed by atoms with Crippen molar-refractivity contribution in [3.8, 4) is 5.75 Å². The number of amides is 2. The van der Waals surface area contributed by atoms with Gasteiger partial charge in [-0.05, 0) is 42.7 Å². The van der Waals surface area contributed by atoms with Gasteiger partial charge in [0.2, 0.25) is 5.75 Å². The first-order valence-electron chi connectivity index (χ1n) is 10.3. The third kappa shape index (κ3) is 4.85. The summed E-state index contributed by atoms with van der Waals surface area (Å²) in [5.41, 5.74) is 8.63. The van der Waals surface area contributed by atoms with Gasteiger partial charge in [-0.1, -0.05) is 30.3 Å². The van der Waals surface area contributed by atoms with Crippen molar-refractivity contribution in [2.75, 3.05) is 41.5 Å². The SMILES string of the molecule is COc1c(N)ncnc1N1CCCC(c2cccc(NC(=O)Nc3ccccc3)c2)C1. The number of hydrogen-bond donors (Lipinski definition) is 3. The summed E-state index contributed by atoms with van der Waals surface area (Å²) in [5.74, 6) is 1.87. The lowest BCUT2D eigenvalue weighted by atomic mass is 9.90. The van der Waals surface area contributed by atoms with Crippen LogP contribution in [0.25, 0.3) is 0 Å². The molecule has 0 bridgehead atoms. The summed E-state index contributed by atoms with van der Waals surface area (Å²) < 4.78 is 5.44. The molecule has 1 aromatic heterocycles. The maximum atomic E-state index is 12.3. The Bertz CT molecular complexity index is 1040. The van der Waals surface area contributed by atoms with Crippen molar-refractivity contribution < 1.29 is 9.53 Å². The van der Waals surface area contributed by atoms with Gasteiger partial charge >= 0.3 is 6.03 Å². The highest BCUT2D eigenvalue weighted by atomic mass is 16.5. The number of para-hydroxylation sites is 1. The van der Waals surface area contributed by atoms with Crippen molar-refractivity contribution in [3.63, 3.8) is 0 Å². The van der Waals surface area contributed by atoms with E-state index in [-0.39, 0.29) is 6.03 Å². The van der Waals surface area contributed by atoms with E-state index in [9.17, 15) is 4.79 Å². The van der Waals surface area contributed by atoms with Gasteiger partial charge in [0.05, 0.1) is 7.11 Å². The van der Waals surface area contributed by atoms with Crippen LogP contribution in [0.5, 0.6) is 5.75 Å². The molecule has 1 fully saturated rings. The molecule has 3 aromatic rings. The molecule has 1 saturated heterocycles. The summed E-state index contributed by atoms with van der Waals surface area (Å²) in [6, 6.07) is 17.1. The average molecular weight is 419 g/mol. The molecular formula is C23H26N6O2. The van der Waals surface area contributed by atoms with Crippen LogP contribution in [0.1, 0.15) is 24.3 Å². The number of nitrogens with one attached hydrogen (secondary N) is 2. The number of hydrogen-bond acceptors (Lipinski definition) is 6. The standard InChI is InChI=1S/C23H26N6O2/c1-31-20-21(24)25-15-26-22(20)29-12-6-8-17(14-29)16-7-5-11-19(13-16)28-23(30)27-18-9-3-2-4-10-18/h2-5,7,9-11,13,15,17H,6,8,12,14H2,1H3,(H2,24,25,26)(H2,27,28,30). The van der Waals surface area contributed by atoms with Gasteiger partial charge < -0.3 is 26.0 Å². The number of nitrogen functional groups attached to an aromatic ring is 1. The molecule has 1 atom stereocenters. The largest absolute Gasteiger partial charge is 0.490 e. The first-order valence-corrected chi connectivity index (χ1v) is 10.3. The smallest absolute Gasteiger partial charge is 0.323 e. The van der Waals surface area contributed by atoms with Crippen LogP contribution in [-0.2, 0) is 0 Å². The Morgan fingerprint density at radius 2 is 1.87 bits per heavy atom. The molecule has 1 aliphatic rings. The molecule has 160 valence electrons. The fourth-order valence-corrected chi connectivity index (χ4v) is 3.93. The molecule has 31 heavy (non-hydrogen) atoms. The highest BCUT2D eigenvalue weighted by Crippen LogP contribution is 2.35. The van der Waals surface area contributed by atoms with Crippen LogP contribution in [0.15, 0.2) is 60.9 Å². The summed E-state index contributed by atoms with van der Waals surface area (Å²) >= 11 is 0. The molecule has 0 spiro atoms. The minimum Gasteiger partial charge on any atom is -0.490 e. The second-order valence-corrected chi connectivity index (χ2v) is 7.47. The number of carbonyl (C=O) groups is 1. The highest BCUT2D eigenvalue weighted by molar-refractivity contribution is 5.99. The molecule has 0 radical (unpaired) electrons. The Kier molecular flexibility index (Phi) is 6.16. The van der Waals surface area contributed by atoms with Gasteiger partial charge in [0.25, 0.3) is 0 Å². The number of ether oxygens (including phenoxy) is 1. The third-order valence-electron chi connectivity index (χ3n) is 5.39. The molecule has 8 nitrogen and oxygen atoms in total. The quantitative estimate of drug-likeness (QED) is 0.576. The van der Waals surface area contributed by atoms with Gasteiger partial charge in [-0.2, -0.15) is 0 Å². The van der Waals surface area contributed by atoms with Gasteiger partial charge in [0, 0.05) is 30.4 Å². The molecule has 1 aliphatic heterocycles. The van der Waals surface area contributed by atoms with E-state index in [0.717, 1.165) is 43.1 Å². The van der Waals surface area contributed by atoms with Gasteiger partial charge in [-0.3, -0.25) is 0 Å². The fraction of sp³-hybridized carbons (Fsp3) is 0.261. The second-order valence-electron chi connectivity index (χ2n) is 7.47. The molecule has 2 aromatic carbocycles. The molecule has 2 heterocycles. The normalized spacial score (nSPS) is 15.9. The lowest BCUT2D eigenvalue weighted by Gasteiger charge is -2.34. The predicted octanol–water partition coefficient (Wildman–Crippen LogP) is 4.10. The van der Waals surface area contributed by atoms with Crippen LogP contribution in [-0.4, -0.2) is 36.2 Å². The summed E-state index contributed by atoms with van der Waals surface area (Å²) in [4.78, 5) is 23.0. The lowest BCUT2D eigenvalue weighted by molar-refractivity contribution is 0.262. The second kappa shape index (κ2) is 9.34. The van der Waals surface area contributed by atoms with E-state index in [4.69, 9.17) is 10.5 Å². The van der Waals surface area contributed by atoms with E-state index in [2.05, 4.69) is 31.6 Å². The van der Waals surface area contributed by atoms with Gasteiger partial charge in [0.1, 0.15) is 6.33 Å². The van der Waals surface area contributed by atoms with E-state index in [1.165, 1.54) is 11.9 Å². The van der Waals surface area contributed by atoms with E-state index < -0.39 is 0 Å². The van der Waals surface area contributed by atoms with E-state index in [1.807, 2.05) is 48.5 Å². The van der Waals surface area contributed by atoms with Crippen molar-refractivity contribution >= 4 is 29.0 Å². The molecular weight excluding hydrogens is 392 g/mol. The number of methoxy groups -OCH3 is 1. The fourth-order valence-electron chi connectivity index (χ4n) is 3.93. The van der Waals surface area contributed by atoms with Crippen molar-refractivity contribution in [3.05, 3.63) is 66.5 Å². The Labute approximate surface area is 181 Å². The number of nitrogens with two attached hydrogens (primary N) is 1. The van der Waals surface area contributed by atoms with Crippen molar-refractivity contribution in [2.45, 2.75) is 18.8 Å². The molecule has 1 unspecified atom stereocenters. The Morgan fingerprint density at radius 3 is 2.68 bits per heavy atom. The Hall–Kier alpha value is -3.81. The summed E-state index contributed by atoms with van der Waals surface area (Å²) in [7, 11) is 1.58. The molecule has 4 N–H and O–H groups in total. The third-order valence-corrected chi connectivity index (χ3v) is 5.39. The number of anilines is 4. The molecule has 0 saturated carbocycles. The monoisotopic (exact) mass is 418 g/mol. The van der Waals surface area contributed by atoms with Crippen molar-refractivity contribution in [1.29, 1.82) is 0 Å². The molecule has 2 amide bonds. The maximum Gasteiger partial charge on any atom is 0.323 e. The number of urea groups is 1. The van der Waals surface area contributed by atoms with Crippen molar-refractivity contribution in [1.82, 2.24) is 9.97 Å². The average Bonchev–Trinajstić information content (AvgIpc) is 2.80. The number of piperidine rings is 1. The topological polar surface area (TPSA) is 105 Å². The molecule has 0 aliphatic carbocycles. The zero-order chi connectivity index (χ0) is 21.6. The maximum absolute atomic E-state index is 12.3. The highest BCUT2D eigenvalue weighted by Gasteiger charge is 2.25. The van der Waals surface area contributed by atoms with Gasteiger partial charge in [-0.25, -0.2) is 14.8 Å². The van der Waals surface area contributed by atoms with Crippen LogP contribution < -0.4 is 26.0 Å². The lowest BCUT2D eigenvalue weighted by Crippen LogP contribution is -2.35. The Morgan fingerprint density at radius 1 is 1.10 bits per heavy atom. The van der Waals surface area contributed by atoms with Crippen molar-refractivity contribution in [2.24, 2.45) is 0 Å². The number of aromatic nitrogens is 2. The molecule has 4 rings (SSSR count). The summed E-state index contributed by atoms with van der Waals surface area (Å²) in [5, 5.41) is 5.76. The molecule has 8 heteroatoms. The summed E-state index contributed by atoms with van der Waals surface area (Å²) in [6.45, 7) is 1.66. The number of carbonyl (C=O) groups excluding carboxylic acids is 1. The first kappa shape index (κ1) is 20.5. The van der Waals surface area contributed by atoms with E-state index in [1.54, 1.807) is 7.11 Å². The minimum absolute atomic E-state index is 0.269. The van der Waals surface area contributed by atoms with Gasteiger partial charge in [0.15, 0.2) is 11.6 Å². The van der Waals surface area contributed by atoms with E-state index in [0.29, 0.717) is 17.5 Å². The van der Waals surface area contributed by atoms with E-state index >= 15 is 0 Å². The zero-order valence-electron chi connectivity index (χ0n) is 17.4. The first-order chi connectivity index (χ1) is 15.1. The zero-order valence-corrected chi connectivity index (χ0v) is 17.4. The number of benzene rings is 2.